The van der Waals surface area contributed by atoms with Crippen LogP contribution >= 0.6 is 0 Å². The summed E-state index contributed by atoms with van der Waals surface area (Å²) < 4.78 is 69.3. The third-order valence-electron chi connectivity index (χ3n) is 3.63. The topological polar surface area (TPSA) is 158 Å². The van der Waals surface area contributed by atoms with Crippen molar-refractivity contribution >= 4 is 32.2 Å². The zero-order chi connectivity index (χ0) is 17.7. The number of carbonyl (C=O) groups is 2. The molecule has 0 aromatic heterocycles. The molecule has 2 unspecified atom stereocenters. The molecule has 0 aromatic rings. The second-order valence-electron chi connectivity index (χ2n) is 5.50. The Balaban J connectivity index is 0. The molecule has 25 heavy (non-hydrogen) atoms. The third kappa shape index (κ3) is 11.5. The Morgan fingerprint density at radius 2 is 1.60 bits per heavy atom. The van der Waals surface area contributed by atoms with Gasteiger partial charge in [-0.05, 0) is 25.7 Å². The van der Waals surface area contributed by atoms with Crippen molar-refractivity contribution in [1.29, 1.82) is 0 Å². The van der Waals surface area contributed by atoms with Crippen molar-refractivity contribution in [3.8, 4) is 0 Å². The minimum Gasteiger partial charge on any atom is -0.748 e. The zero-order valence-electron chi connectivity index (χ0n) is 14.3. The van der Waals surface area contributed by atoms with Gasteiger partial charge in [-0.3, -0.25) is 9.59 Å². The Hall–Kier alpha value is 0.155. The maximum Gasteiger partial charge on any atom is 1.00 e. The first-order chi connectivity index (χ1) is 10.5. The SMILES string of the molecule is O=C1CC(CCC(CCCCCS(=O)(=O)[O-])S(=O)(=O)[O-])C(=O)O1.[Li+].[Li+]. The van der Waals surface area contributed by atoms with Crippen LogP contribution in [0, 0.1) is 5.92 Å². The molecule has 13 heteroatoms. The summed E-state index contributed by atoms with van der Waals surface area (Å²) in [4.78, 5) is 22.2. The molecule has 9 nitrogen and oxygen atoms in total. The Morgan fingerprint density at radius 3 is 2.04 bits per heavy atom. The van der Waals surface area contributed by atoms with Crippen LogP contribution in [-0.4, -0.2) is 48.9 Å². The maximum atomic E-state index is 11.3. The fourth-order valence-corrected chi connectivity index (χ4v) is 3.83. The molecular formula is C12H18Li2O9S2. The zero-order valence-corrected chi connectivity index (χ0v) is 15.9. The summed E-state index contributed by atoms with van der Waals surface area (Å²) in [5.41, 5.74) is 0. The van der Waals surface area contributed by atoms with Gasteiger partial charge in [0.05, 0.1) is 32.6 Å². The van der Waals surface area contributed by atoms with Crippen LogP contribution < -0.4 is 37.7 Å². The van der Waals surface area contributed by atoms with Gasteiger partial charge in [-0.2, -0.15) is 0 Å². The molecule has 0 aromatic carbocycles. The first kappa shape index (κ1) is 27.4. The molecule has 1 rings (SSSR count). The number of hydrogen-bond acceptors (Lipinski definition) is 9. The van der Waals surface area contributed by atoms with Crippen LogP contribution in [0.15, 0.2) is 0 Å². The van der Waals surface area contributed by atoms with E-state index in [2.05, 4.69) is 4.74 Å². The van der Waals surface area contributed by atoms with E-state index < -0.39 is 49.1 Å². The minimum atomic E-state index is -4.57. The van der Waals surface area contributed by atoms with Crippen molar-refractivity contribution in [3.63, 3.8) is 0 Å². The van der Waals surface area contributed by atoms with Crippen LogP contribution in [0.3, 0.4) is 0 Å². The molecule has 134 valence electrons. The summed E-state index contributed by atoms with van der Waals surface area (Å²) in [6.45, 7) is 0. The Kier molecular flexibility index (Phi) is 12.9. The van der Waals surface area contributed by atoms with Crippen molar-refractivity contribution in [2.75, 3.05) is 5.75 Å². The van der Waals surface area contributed by atoms with Crippen molar-refractivity contribution < 1.29 is 78.0 Å². The van der Waals surface area contributed by atoms with Crippen LogP contribution in [-0.2, 0) is 34.6 Å². The number of unbranched alkanes of at least 4 members (excludes halogenated alkanes) is 2. The van der Waals surface area contributed by atoms with E-state index in [1.54, 1.807) is 0 Å². The monoisotopic (exact) mass is 384 g/mol. The first-order valence-corrected chi connectivity index (χ1v) is 10.2. The van der Waals surface area contributed by atoms with E-state index in [-0.39, 0.29) is 76.2 Å². The second kappa shape index (κ2) is 11.8. The number of cyclic esters (lactones) is 2. The minimum absolute atomic E-state index is 0. The summed E-state index contributed by atoms with van der Waals surface area (Å²) in [6.07, 6.45) is 0.560. The van der Waals surface area contributed by atoms with Crippen LogP contribution in [0.5, 0.6) is 0 Å². The second-order valence-corrected chi connectivity index (χ2v) is 8.67. The summed E-state index contributed by atoms with van der Waals surface area (Å²) in [5, 5.41) is -1.21. The Labute approximate surface area is 171 Å². The predicted octanol–water partition coefficient (Wildman–Crippen LogP) is -6.12. The molecule has 1 heterocycles. The molecule has 1 aliphatic heterocycles. The van der Waals surface area contributed by atoms with Gasteiger partial charge in [0.15, 0.2) is 0 Å². The van der Waals surface area contributed by atoms with E-state index in [0.29, 0.717) is 6.42 Å². The largest absolute Gasteiger partial charge is 1.00 e. The summed E-state index contributed by atoms with van der Waals surface area (Å²) in [7, 11) is -8.87. The molecule has 0 aliphatic carbocycles. The fourth-order valence-electron chi connectivity index (χ4n) is 2.39. The predicted molar refractivity (Wildman–Crippen MR) is 75.0 cm³/mol. The molecule has 0 saturated carbocycles. The van der Waals surface area contributed by atoms with E-state index in [1.807, 2.05) is 0 Å². The van der Waals surface area contributed by atoms with Crippen molar-refractivity contribution in [1.82, 2.24) is 0 Å². The van der Waals surface area contributed by atoms with Crippen molar-refractivity contribution in [2.24, 2.45) is 5.92 Å². The number of carbonyl (C=O) groups excluding carboxylic acids is 2. The van der Waals surface area contributed by atoms with E-state index in [0.717, 1.165) is 0 Å². The molecule has 0 amide bonds. The van der Waals surface area contributed by atoms with Gasteiger partial charge in [0.2, 0.25) is 0 Å². The Bertz CT molecular complexity index is 645. The van der Waals surface area contributed by atoms with Gasteiger partial charge in [-0.15, -0.1) is 0 Å². The van der Waals surface area contributed by atoms with E-state index in [9.17, 15) is 35.5 Å². The van der Waals surface area contributed by atoms with Crippen LogP contribution in [0.2, 0.25) is 0 Å². The molecule has 0 radical (unpaired) electrons. The molecule has 0 spiro atoms. The van der Waals surface area contributed by atoms with Gasteiger partial charge in [-0.25, -0.2) is 16.8 Å². The van der Waals surface area contributed by atoms with Crippen LogP contribution in [0.1, 0.15) is 44.9 Å². The molecule has 1 saturated heterocycles. The molecule has 0 N–H and O–H groups in total. The van der Waals surface area contributed by atoms with Gasteiger partial charge in [0.25, 0.3) is 0 Å². The molecule has 1 fully saturated rings. The number of esters is 2. The first-order valence-electron chi connectivity index (χ1n) is 7.12. The molecule has 1 aliphatic rings. The van der Waals surface area contributed by atoms with Gasteiger partial charge >= 0.3 is 49.7 Å². The van der Waals surface area contributed by atoms with Gasteiger partial charge < -0.3 is 13.8 Å². The van der Waals surface area contributed by atoms with Gasteiger partial charge in [0.1, 0.15) is 0 Å². The number of rotatable bonds is 10. The molecular weight excluding hydrogens is 366 g/mol. The molecule has 0 bridgehead atoms. The van der Waals surface area contributed by atoms with Gasteiger partial charge in [0, 0.05) is 11.0 Å². The summed E-state index contributed by atoms with van der Waals surface area (Å²) >= 11 is 0. The average Bonchev–Trinajstić information content (AvgIpc) is 2.68. The number of ether oxygens (including phenoxy) is 1. The normalized spacial score (nSPS) is 18.9. The van der Waals surface area contributed by atoms with Crippen molar-refractivity contribution in [2.45, 2.75) is 50.2 Å². The number of hydrogen-bond donors (Lipinski definition) is 0. The quantitative estimate of drug-likeness (QED) is 0.117. The summed E-state index contributed by atoms with van der Waals surface area (Å²) in [5.74, 6) is -2.63. The standard InChI is InChI=1S/C12H20O9S2.2Li/c13-11-8-9(12(14)21-11)5-6-10(23(18,19)20)4-2-1-3-7-22(15,16)17;;/h9-10H,1-8H2,(H,15,16,17)(H,18,19,20);;/q;2*+1/p-2. The van der Waals surface area contributed by atoms with E-state index in [1.165, 1.54) is 0 Å². The fraction of sp³-hybridized carbons (Fsp3) is 0.833. The smallest absolute Gasteiger partial charge is 0.748 e. The van der Waals surface area contributed by atoms with E-state index >= 15 is 0 Å². The average molecular weight is 384 g/mol. The molecule has 2 atom stereocenters. The van der Waals surface area contributed by atoms with Crippen molar-refractivity contribution in [3.05, 3.63) is 0 Å². The van der Waals surface area contributed by atoms with Gasteiger partial charge in [-0.1, -0.05) is 12.8 Å². The van der Waals surface area contributed by atoms with Crippen LogP contribution in [0.25, 0.3) is 0 Å². The third-order valence-corrected chi connectivity index (χ3v) is 5.70. The van der Waals surface area contributed by atoms with E-state index in [4.69, 9.17) is 0 Å². The Morgan fingerprint density at radius 1 is 1.00 bits per heavy atom. The maximum absolute atomic E-state index is 11.3. The summed E-state index contributed by atoms with van der Waals surface area (Å²) in [6, 6.07) is 0. The van der Waals surface area contributed by atoms with Crippen LogP contribution in [0.4, 0.5) is 0 Å².